The number of aliphatic hydroxyl groups is 1. The van der Waals surface area contributed by atoms with Crippen LogP contribution in [0.15, 0.2) is 24.3 Å². The molecule has 3 N–H and O–H groups in total. The van der Waals surface area contributed by atoms with E-state index in [4.69, 9.17) is 9.84 Å². The van der Waals surface area contributed by atoms with Gasteiger partial charge >= 0.3 is 5.97 Å². The molecule has 36 heavy (non-hydrogen) atoms. The van der Waals surface area contributed by atoms with Gasteiger partial charge in [0.15, 0.2) is 0 Å². The first-order valence-electron chi connectivity index (χ1n) is 13.1. The number of aryl methyl sites for hydroxylation is 1. The number of anilines is 1. The number of carbonyl (C=O) groups is 4. The van der Waals surface area contributed by atoms with E-state index in [0.717, 1.165) is 31.2 Å². The molecule has 0 unspecified atom stereocenters. The van der Waals surface area contributed by atoms with Crippen LogP contribution < -0.4 is 15.5 Å². The van der Waals surface area contributed by atoms with Crippen molar-refractivity contribution < 1.29 is 29.0 Å². The maximum absolute atomic E-state index is 13.6. The Kier molecular flexibility index (Phi) is 10.3. The van der Waals surface area contributed by atoms with E-state index in [1.807, 2.05) is 24.3 Å². The fourth-order valence-electron chi connectivity index (χ4n) is 5.28. The summed E-state index contributed by atoms with van der Waals surface area (Å²) in [5.41, 5.74) is 1.04. The minimum atomic E-state index is -0.737. The normalized spacial score (nSPS) is 18.8. The quantitative estimate of drug-likeness (QED) is 0.298. The van der Waals surface area contributed by atoms with Gasteiger partial charge in [-0.05, 0) is 63.5 Å². The lowest BCUT2D eigenvalue weighted by molar-refractivity contribution is -0.142. The Balaban J connectivity index is 1.68. The highest BCUT2D eigenvalue weighted by Crippen LogP contribution is 2.43. The van der Waals surface area contributed by atoms with Crippen LogP contribution in [0.4, 0.5) is 5.69 Å². The number of fused-ring (bicyclic) bond motifs is 1. The molecule has 1 aromatic rings. The average molecular weight is 502 g/mol. The summed E-state index contributed by atoms with van der Waals surface area (Å²) >= 11 is 0. The van der Waals surface area contributed by atoms with Crippen LogP contribution in [0, 0.1) is 5.41 Å². The molecule has 1 saturated carbocycles. The lowest BCUT2D eigenvalue weighted by atomic mass is 9.79. The van der Waals surface area contributed by atoms with E-state index in [9.17, 15) is 19.2 Å². The number of esters is 1. The number of benzene rings is 1. The van der Waals surface area contributed by atoms with Crippen LogP contribution in [0.25, 0.3) is 0 Å². The number of aliphatic hydroxyl groups excluding tert-OH is 1. The smallest absolute Gasteiger partial charge is 0.326 e. The molecule has 3 rings (SSSR count). The van der Waals surface area contributed by atoms with Crippen LogP contribution >= 0.6 is 0 Å². The van der Waals surface area contributed by atoms with E-state index in [1.165, 1.54) is 4.90 Å². The molecule has 2 aliphatic rings. The van der Waals surface area contributed by atoms with E-state index in [2.05, 4.69) is 10.6 Å². The topological polar surface area (TPSA) is 125 Å². The van der Waals surface area contributed by atoms with Gasteiger partial charge < -0.3 is 20.5 Å². The van der Waals surface area contributed by atoms with E-state index >= 15 is 0 Å². The Morgan fingerprint density at radius 1 is 1.17 bits per heavy atom. The van der Waals surface area contributed by atoms with Crippen molar-refractivity contribution in [3.63, 3.8) is 0 Å². The number of amides is 3. The zero-order chi connectivity index (χ0) is 26.0. The second-order valence-electron chi connectivity index (χ2n) is 9.69. The molecule has 0 aromatic heterocycles. The second-order valence-corrected chi connectivity index (χ2v) is 9.69. The van der Waals surface area contributed by atoms with Gasteiger partial charge in [-0.2, -0.15) is 0 Å². The molecular formula is C27H39N3O6. The summed E-state index contributed by atoms with van der Waals surface area (Å²) in [5.74, 6) is -1.01. The van der Waals surface area contributed by atoms with Gasteiger partial charge in [-0.3, -0.25) is 24.1 Å². The summed E-state index contributed by atoms with van der Waals surface area (Å²) < 4.78 is 5.09. The van der Waals surface area contributed by atoms with E-state index in [0.29, 0.717) is 50.8 Å². The number of para-hydroxylation sites is 1. The largest absolute Gasteiger partial charge is 0.465 e. The van der Waals surface area contributed by atoms with Crippen LogP contribution in [0.3, 0.4) is 0 Å². The van der Waals surface area contributed by atoms with Crippen molar-refractivity contribution in [2.75, 3.05) is 31.2 Å². The fourth-order valence-corrected chi connectivity index (χ4v) is 5.28. The number of carbonyl (C=O) groups excluding carboxylic acids is 4. The van der Waals surface area contributed by atoms with Gasteiger partial charge in [0.25, 0.3) is 0 Å². The second kappa shape index (κ2) is 13.4. The van der Waals surface area contributed by atoms with Gasteiger partial charge in [-0.15, -0.1) is 0 Å². The van der Waals surface area contributed by atoms with Crippen molar-refractivity contribution in [2.24, 2.45) is 5.41 Å². The first-order chi connectivity index (χ1) is 17.4. The molecule has 1 heterocycles. The molecule has 0 spiro atoms. The molecule has 198 valence electrons. The van der Waals surface area contributed by atoms with Crippen LogP contribution in [-0.2, 0) is 30.3 Å². The summed E-state index contributed by atoms with van der Waals surface area (Å²) in [4.78, 5) is 52.9. The van der Waals surface area contributed by atoms with Crippen molar-refractivity contribution in [1.29, 1.82) is 0 Å². The molecule has 9 nitrogen and oxygen atoms in total. The molecular weight excluding hydrogens is 462 g/mol. The molecule has 3 amide bonds. The predicted octanol–water partition coefficient (Wildman–Crippen LogP) is 2.24. The summed E-state index contributed by atoms with van der Waals surface area (Å²) in [6.45, 7) is 2.22. The van der Waals surface area contributed by atoms with Crippen molar-refractivity contribution >= 4 is 29.4 Å². The molecule has 0 saturated heterocycles. The summed E-state index contributed by atoms with van der Waals surface area (Å²) in [6.07, 6.45) is 6.41. The van der Waals surface area contributed by atoms with Gasteiger partial charge in [-0.25, -0.2) is 0 Å². The monoisotopic (exact) mass is 501 g/mol. The van der Waals surface area contributed by atoms with Crippen LogP contribution in [0.5, 0.6) is 0 Å². The Hall–Kier alpha value is -2.94. The zero-order valence-corrected chi connectivity index (χ0v) is 21.2. The molecule has 0 bridgehead atoms. The molecule has 1 fully saturated rings. The summed E-state index contributed by atoms with van der Waals surface area (Å²) in [7, 11) is 0. The van der Waals surface area contributed by atoms with Gasteiger partial charge in [-0.1, -0.05) is 31.0 Å². The number of nitrogens with zero attached hydrogens (tertiary/aromatic N) is 1. The number of rotatable bonds is 12. The summed E-state index contributed by atoms with van der Waals surface area (Å²) in [6, 6.07) is 6.75. The highest BCUT2D eigenvalue weighted by Gasteiger charge is 2.43. The van der Waals surface area contributed by atoms with Crippen molar-refractivity contribution in [1.82, 2.24) is 10.6 Å². The third kappa shape index (κ3) is 7.06. The van der Waals surface area contributed by atoms with Gasteiger partial charge in [0.2, 0.25) is 17.7 Å². The first kappa shape index (κ1) is 27.6. The standard InChI is InChI=1S/C27H39N3O6/c1-2-36-24(33)19-30-22-10-4-3-9-20(22)12-13-21(25(30)34)29-26(35)27(14-5-6-15-27)16-7-11-23(32)28-17-8-18-31/h3-4,9-10,21,31H,2,5-8,11-19H2,1H3,(H,28,32)(H,29,35)/t21-/m0/s1. The minimum Gasteiger partial charge on any atom is -0.465 e. The molecule has 1 aliphatic carbocycles. The predicted molar refractivity (Wildman–Crippen MR) is 135 cm³/mol. The first-order valence-corrected chi connectivity index (χ1v) is 13.1. The van der Waals surface area contributed by atoms with Crippen LogP contribution in [0.1, 0.15) is 70.3 Å². The Labute approximate surface area is 212 Å². The fraction of sp³-hybridized carbons (Fsp3) is 0.630. The summed E-state index contributed by atoms with van der Waals surface area (Å²) in [5, 5.41) is 14.7. The third-order valence-electron chi connectivity index (χ3n) is 7.21. The van der Waals surface area contributed by atoms with Crippen molar-refractivity contribution in [2.45, 2.75) is 77.2 Å². The highest BCUT2D eigenvalue weighted by molar-refractivity contribution is 6.03. The van der Waals surface area contributed by atoms with Gasteiger partial charge in [0.1, 0.15) is 12.6 Å². The Morgan fingerprint density at radius 3 is 2.64 bits per heavy atom. The molecule has 1 aromatic carbocycles. The molecule has 1 atom stereocenters. The van der Waals surface area contributed by atoms with Crippen molar-refractivity contribution in [3.8, 4) is 0 Å². The Morgan fingerprint density at radius 2 is 1.92 bits per heavy atom. The lowest BCUT2D eigenvalue weighted by Crippen LogP contribution is -2.52. The van der Waals surface area contributed by atoms with Gasteiger partial charge in [0, 0.05) is 30.7 Å². The van der Waals surface area contributed by atoms with Crippen LogP contribution in [0.2, 0.25) is 0 Å². The van der Waals surface area contributed by atoms with E-state index in [1.54, 1.807) is 6.92 Å². The lowest BCUT2D eigenvalue weighted by Gasteiger charge is -2.31. The maximum Gasteiger partial charge on any atom is 0.326 e. The number of nitrogens with one attached hydrogen (secondary N) is 2. The van der Waals surface area contributed by atoms with Gasteiger partial charge in [0.05, 0.1) is 6.61 Å². The SMILES string of the molecule is CCOC(=O)CN1C(=O)[C@@H](NC(=O)C2(CCCC(=O)NCCCO)CCCC2)CCc2ccccc21. The third-order valence-corrected chi connectivity index (χ3v) is 7.21. The van der Waals surface area contributed by atoms with Crippen molar-refractivity contribution in [3.05, 3.63) is 29.8 Å². The zero-order valence-electron chi connectivity index (χ0n) is 21.2. The van der Waals surface area contributed by atoms with Crippen LogP contribution in [-0.4, -0.2) is 61.1 Å². The average Bonchev–Trinajstić information content (AvgIpc) is 3.31. The molecule has 9 heteroatoms. The molecule has 1 aliphatic heterocycles. The molecule has 0 radical (unpaired) electrons. The van der Waals surface area contributed by atoms with E-state index in [-0.39, 0.29) is 37.5 Å². The Bertz CT molecular complexity index is 928. The highest BCUT2D eigenvalue weighted by atomic mass is 16.5. The number of ether oxygens (including phenoxy) is 1. The number of hydrogen-bond acceptors (Lipinski definition) is 6. The maximum atomic E-state index is 13.6. The number of hydrogen-bond donors (Lipinski definition) is 3. The van der Waals surface area contributed by atoms with E-state index < -0.39 is 17.4 Å². The minimum absolute atomic E-state index is 0.0335.